The van der Waals surface area contributed by atoms with Crippen molar-refractivity contribution >= 4 is 22.5 Å². The molecule has 3 nitrogen and oxygen atoms in total. The summed E-state index contributed by atoms with van der Waals surface area (Å²) in [6.07, 6.45) is 1.90. The fraction of sp³-hybridized carbons (Fsp3) is 0.118. The average molecular weight is 282 g/mol. The largest absolute Gasteiger partial charge is 0.338 e. The molecule has 0 aliphatic heterocycles. The molecule has 0 fully saturated rings. The van der Waals surface area contributed by atoms with Gasteiger partial charge in [0.2, 0.25) is 5.91 Å². The molecule has 2 aromatic carbocycles. The van der Waals surface area contributed by atoms with E-state index in [2.05, 4.69) is 11.4 Å². The van der Waals surface area contributed by atoms with Gasteiger partial charge < -0.3 is 9.88 Å². The van der Waals surface area contributed by atoms with Gasteiger partial charge in [-0.3, -0.25) is 4.79 Å². The monoisotopic (exact) mass is 282 g/mol. The first-order valence-electron chi connectivity index (χ1n) is 6.73. The molecule has 0 spiro atoms. The predicted octanol–water partition coefficient (Wildman–Crippen LogP) is 3.73. The lowest BCUT2D eigenvalue weighted by Gasteiger charge is -2.08. The number of carbonyl (C=O) groups excluding carboxylic acids is 1. The summed E-state index contributed by atoms with van der Waals surface area (Å²) < 4.78 is 14.7. The molecule has 0 saturated heterocycles. The standard InChI is InChI=1S/C17H15FN2O/c1-12-2-3-13-8-9-20(16(13)10-12)11-17(21)19-15-6-4-14(18)5-7-15/h2-10H,11H2,1H3,(H,19,21). The highest BCUT2D eigenvalue weighted by molar-refractivity contribution is 5.92. The van der Waals surface area contributed by atoms with Crippen LogP contribution in [0.1, 0.15) is 5.56 Å². The van der Waals surface area contributed by atoms with Crippen LogP contribution < -0.4 is 5.32 Å². The van der Waals surface area contributed by atoms with Crippen molar-refractivity contribution in [2.24, 2.45) is 0 Å². The Morgan fingerprint density at radius 2 is 1.90 bits per heavy atom. The summed E-state index contributed by atoms with van der Waals surface area (Å²) in [6.45, 7) is 2.25. The Balaban J connectivity index is 1.77. The van der Waals surface area contributed by atoms with E-state index < -0.39 is 0 Å². The van der Waals surface area contributed by atoms with Crippen molar-refractivity contribution in [1.29, 1.82) is 0 Å². The van der Waals surface area contributed by atoms with Crippen LogP contribution in [-0.2, 0) is 11.3 Å². The lowest BCUT2D eigenvalue weighted by molar-refractivity contribution is -0.116. The second kappa shape index (κ2) is 5.40. The predicted molar refractivity (Wildman–Crippen MR) is 81.7 cm³/mol. The molecule has 0 atom stereocenters. The van der Waals surface area contributed by atoms with Crippen LogP contribution in [0.15, 0.2) is 54.7 Å². The molecular formula is C17H15FN2O. The average Bonchev–Trinajstić information content (AvgIpc) is 2.84. The number of nitrogens with one attached hydrogen (secondary N) is 1. The molecule has 1 heterocycles. The Hall–Kier alpha value is -2.62. The first-order chi connectivity index (χ1) is 10.1. The Morgan fingerprint density at radius 3 is 2.67 bits per heavy atom. The third-order valence-corrected chi connectivity index (χ3v) is 3.37. The second-order valence-corrected chi connectivity index (χ2v) is 5.06. The van der Waals surface area contributed by atoms with Crippen molar-refractivity contribution in [1.82, 2.24) is 4.57 Å². The Bertz CT molecular complexity index is 790. The molecule has 3 rings (SSSR count). The van der Waals surface area contributed by atoms with Crippen LogP contribution in [0.2, 0.25) is 0 Å². The summed E-state index contributed by atoms with van der Waals surface area (Å²) in [7, 11) is 0. The molecule has 4 heteroatoms. The van der Waals surface area contributed by atoms with E-state index in [1.165, 1.54) is 12.1 Å². The molecule has 106 valence electrons. The number of hydrogen-bond donors (Lipinski definition) is 1. The summed E-state index contributed by atoms with van der Waals surface area (Å²) in [4.78, 5) is 12.1. The van der Waals surface area contributed by atoms with Gasteiger partial charge in [0, 0.05) is 17.4 Å². The zero-order valence-electron chi connectivity index (χ0n) is 11.6. The Labute approximate surface area is 122 Å². The normalized spacial score (nSPS) is 10.8. The molecule has 0 radical (unpaired) electrons. The van der Waals surface area contributed by atoms with Gasteiger partial charge in [0.25, 0.3) is 0 Å². The van der Waals surface area contributed by atoms with Gasteiger partial charge in [-0.15, -0.1) is 0 Å². The molecule has 3 aromatic rings. The van der Waals surface area contributed by atoms with E-state index >= 15 is 0 Å². The molecule has 0 bridgehead atoms. The van der Waals surface area contributed by atoms with E-state index in [0.29, 0.717) is 5.69 Å². The third-order valence-electron chi connectivity index (χ3n) is 3.37. The van der Waals surface area contributed by atoms with Crippen LogP contribution in [0.5, 0.6) is 0 Å². The molecule has 0 unspecified atom stereocenters. The van der Waals surface area contributed by atoms with Gasteiger partial charge in [-0.05, 0) is 54.3 Å². The van der Waals surface area contributed by atoms with Gasteiger partial charge >= 0.3 is 0 Å². The minimum absolute atomic E-state index is 0.138. The molecule has 1 aromatic heterocycles. The third kappa shape index (κ3) is 2.94. The fourth-order valence-electron chi connectivity index (χ4n) is 2.32. The highest BCUT2D eigenvalue weighted by atomic mass is 19.1. The van der Waals surface area contributed by atoms with Crippen molar-refractivity contribution in [3.8, 4) is 0 Å². The number of amides is 1. The number of rotatable bonds is 3. The van der Waals surface area contributed by atoms with E-state index in [9.17, 15) is 9.18 Å². The van der Waals surface area contributed by atoms with Crippen LogP contribution in [0, 0.1) is 12.7 Å². The van der Waals surface area contributed by atoms with Gasteiger partial charge in [0.05, 0.1) is 0 Å². The van der Waals surface area contributed by atoms with Gasteiger partial charge in [-0.1, -0.05) is 12.1 Å². The topological polar surface area (TPSA) is 34.0 Å². The van der Waals surface area contributed by atoms with Crippen LogP contribution in [0.3, 0.4) is 0 Å². The van der Waals surface area contributed by atoms with Crippen LogP contribution >= 0.6 is 0 Å². The molecule has 0 saturated carbocycles. The molecule has 0 aliphatic rings. The number of anilines is 1. The second-order valence-electron chi connectivity index (χ2n) is 5.06. The van der Waals surface area contributed by atoms with E-state index in [4.69, 9.17) is 0 Å². The number of aryl methyl sites for hydroxylation is 1. The lowest BCUT2D eigenvalue weighted by Crippen LogP contribution is -2.18. The number of carbonyl (C=O) groups is 1. The maximum Gasteiger partial charge on any atom is 0.244 e. The SMILES string of the molecule is Cc1ccc2ccn(CC(=O)Nc3ccc(F)cc3)c2c1. The van der Waals surface area contributed by atoms with Gasteiger partial charge in [0.1, 0.15) is 12.4 Å². The number of halogens is 1. The lowest BCUT2D eigenvalue weighted by atomic mass is 10.2. The number of aromatic nitrogens is 1. The van der Waals surface area contributed by atoms with Crippen LogP contribution in [0.25, 0.3) is 10.9 Å². The number of nitrogens with zero attached hydrogens (tertiary/aromatic N) is 1. The molecule has 1 N–H and O–H groups in total. The van der Waals surface area contributed by atoms with E-state index in [0.717, 1.165) is 16.5 Å². The van der Waals surface area contributed by atoms with Gasteiger partial charge in [-0.2, -0.15) is 0 Å². The van der Waals surface area contributed by atoms with Crippen molar-refractivity contribution in [3.63, 3.8) is 0 Å². The Kier molecular flexibility index (Phi) is 3.44. The molecule has 0 aliphatic carbocycles. The Morgan fingerprint density at radius 1 is 1.14 bits per heavy atom. The summed E-state index contributed by atoms with van der Waals surface area (Å²) >= 11 is 0. The number of fused-ring (bicyclic) bond motifs is 1. The minimum atomic E-state index is -0.320. The molecule has 1 amide bonds. The quantitative estimate of drug-likeness (QED) is 0.780. The maximum absolute atomic E-state index is 12.8. The smallest absolute Gasteiger partial charge is 0.244 e. The first kappa shape index (κ1) is 13.4. The zero-order valence-corrected chi connectivity index (χ0v) is 11.6. The summed E-state index contributed by atoms with van der Waals surface area (Å²) in [6, 6.07) is 13.9. The van der Waals surface area contributed by atoms with Crippen molar-refractivity contribution in [3.05, 3.63) is 66.1 Å². The van der Waals surface area contributed by atoms with E-state index in [-0.39, 0.29) is 18.3 Å². The fourth-order valence-corrected chi connectivity index (χ4v) is 2.32. The van der Waals surface area contributed by atoms with Crippen molar-refractivity contribution < 1.29 is 9.18 Å². The minimum Gasteiger partial charge on any atom is -0.338 e. The number of hydrogen-bond acceptors (Lipinski definition) is 1. The highest BCUT2D eigenvalue weighted by Crippen LogP contribution is 2.17. The number of benzene rings is 2. The summed E-state index contributed by atoms with van der Waals surface area (Å²) in [5.41, 5.74) is 2.78. The van der Waals surface area contributed by atoms with Crippen LogP contribution in [-0.4, -0.2) is 10.5 Å². The summed E-state index contributed by atoms with van der Waals surface area (Å²) in [5.74, 6) is -0.458. The summed E-state index contributed by atoms with van der Waals surface area (Å²) in [5, 5.41) is 3.87. The highest BCUT2D eigenvalue weighted by Gasteiger charge is 2.07. The van der Waals surface area contributed by atoms with E-state index in [1.807, 2.05) is 35.9 Å². The van der Waals surface area contributed by atoms with Gasteiger partial charge in [-0.25, -0.2) is 4.39 Å². The first-order valence-corrected chi connectivity index (χ1v) is 6.73. The maximum atomic E-state index is 12.8. The molecule has 21 heavy (non-hydrogen) atoms. The van der Waals surface area contributed by atoms with Crippen molar-refractivity contribution in [2.45, 2.75) is 13.5 Å². The van der Waals surface area contributed by atoms with E-state index in [1.54, 1.807) is 12.1 Å². The zero-order chi connectivity index (χ0) is 14.8. The van der Waals surface area contributed by atoms with Crippen LogP contribution in [0.4, 0.5) is 10.1 Å². The molecular weight excluding hydrogens is 267 g/mol. The van der Waals surface area contributed by atoms with Gasteiger partial charge in [0.15, 0.2) is 0 Å². The van der Waals surface area contributed by atoms with Crippen molar-refractivity contribution in [2.75, 3.05) is 5.32 Å².